The van der Waals surface area contributed by atoms with Gasteiger partial charge in [0.15, 0.2) is 11.5 Å². The summed E-state index contributed by atoms with van der Waals surface area (Å²) in [6.07, 6.45) is 0.972. The number of hydrogen-bond acceptors (Lipinski definition) is 3. The summed E-state index contributed by atoms with van der Waals surface area (Å²) in [7, 11) is 0. The third kappa shape index (κ3) is 1.76. The first kappa shape index (κ1) is 11.3. The first-order valence-electron chi connectivity index (χ1n) is 5.75. The highest BCUT2D eigenvalue weighted by Gasteiger charge is 2.24. The van der Waals surface area contributed by atoms with Crippen molar-refractivity contribution in [1.29, 1.82) is 0 Å². The zero-order valence-electron chi connectivity index (χ0n) is 10.2. The van der Waals surface area contributed by atoms with Gasteiger partial charge in [0, 0.05) is 5.56 Å². The highest BCUT2D eigenvalue weighted by Crippen LogP contribution is 2.43. The van der Waals surface area contributed by atoms with E-state index in [-0.39, 0.29) is 0 Å². The van der Waals surface area contributed by atoms with Crippen LogP contribution in [0, 0.1) is 13.8 Å². The second-order valence-corrected chi connectivity index (χ2v) is 4.44. The lowest BCUT2D eigenvalue weighted by Gasteiger charge is -2.18. The molecular weight excluding hydrogens is 202 g/mol. The average molecular weight is 221 g/mol. The Kier molecular flexibility index (Phi) is 3.06. The van der Waals surface area contributed by atoms with E-state index in [0.29, 0.717) is 19.3 Å². The fourth-order valence-corrected chi connectivity index (χ4v) is 2.28. The lowest BCUT2D eigenvalue weighted by Crippen LogP contribution is -2.07. The van der Waals surface area contributed by atoms with E-state index in [1.807, 2.05) is 0 Å². The van der Waals surface area contributed by atoms with Crippen LogP contribution >= 0.6 is 0 Å². The molecule has 3 nitrogen and oxygen atoms in total. The number of hydrogen-bond donors (Lipinski definition) is 1. The standard InChI is InChI=1S/C13H19NO2/c1-8(4-5-14)12-10(3)9(2)6-11-13(12)16-7-15-11/h6,8H,4-5,7,14H2,1-3H3. The molecule has 0 saturated heterocycles. The summed E-state index contributed by atoms with van der Waals surface area (Å²) in [5.41, 5.74) is 9.44. The monoisotopic (exact) mass is 221 g/mol. The van der Waals surface area contributed by atoms with Crippen molar-refractivity contribution >= 4 is 0 Å². The van der Waals surface area contributed by atoms with E-state index in [2.05, 4.69) is 26.8 Å². The summed E-state index contributed by atoms with van der Waals surface area (Å²) < 4.78 is 11.0. The van der Waals surface area contributed by atoms with Crippen molar-refractivity contribution in [1.82, 2.24) is 0 Å². The number of nitrogens with two attached hydrogens (primary N) is 1. The van der Waals surface area contributed by atoms with Gasteiger partial charge in [-0.05, 0) is 49.9 Å². The Morgan fingerprint density at radius 2 is 2.12 bits per heavy atom. The highest BCUT2D eigenvalue weighted by molar-refractivity contribution is 5.56. The molecule has 0 spiro atoms. The molecule has 2 rings (SSSR count). The molecule has 1 atom stereocenters. The first-order chi connectivity index (χ1) is 7.65. The molecule has 2 N–H and O–H groups in total. The van der Waals surface area contributed by atoms with Gasteiger partial charge in [0.25, 0.3) is 0 Å². The number of fused-ring (bicyclic) bond motifs is 1. The molecule has 88 valence electrons. The quantitative estimate of drug-likeness (QED) is 0.852. The van der Waals surface area contributed by atoms with E-state index in [1.165, 1.54) is 16.7 Å². The minimum Gasteiger partial charge on any atom is -0.454 e. The van der Waals surface area contributed by atoms with Gasteiger partial charge in [0.1, 0.15) is 0 Å². The van der Waals surface area contributed by atoms with Crippen molar-refractivity contribution in [2.45, 2.75) is 33.1 Å². The molecule has 0 radical (unpaired) electrons. The molecule has 1 heterocycles. The second-order valence-electron chi connectivity index (χ2n) is 4.44. The molecule has 1 aromatic rings. The van der Waals surface area contributed by atoms with Crippen LogP contribution < -0.4 is 15.2 Å². The van der Waals surface area contributed by atoms with Gasteiger partial charge in [-0.15, -0.1) is 0 Å². The van der Waals surface area contributed by atoms with Crippen LogP contribution in [0.1, 0.15) is 36.0 Å². The Morgan fingerprint density at radius 3 is 2.81 bits per heavy atom. The van der Waals surface area contributed by atoms with E-state index in [1.54, 1.807) is 0 Å². The summed E-state index contributed by atoms with van der Waals surface area (Å²) >= 11 is 0. The molecule has 1 aliphatic rings. The molecule has 0 fully saturated rings. The summed E-state index contributed by atoms with van der Waals surface area (Å²) in [5, 5.41) is 0. The molecule has 1 aromatic carbocycles. The van der Waals surface area contributed by atoms with E-state index in [9.17, 15) is 0 Å². The van der Waals surface area contributed by atoms with E-state index in [4.69, 9.17) is 15.2 Å². The highest BCUT2D eigenvalue weighted by atomic mass is 16.7. The van der Waals surface area contributed by atoms with Gasteiger partial charge in [0.05, 0.1) is 0 Å². The molecule has 0 amide bonds. The topological polar surface area (TPSA) is 44.5 Å². The second kappa shape index (κ2) is 4.34. The van der Waals surface area contributed by atoms with Crippen LogP contribution in [0.25, 0.3) is 0 Å². The van der Waals surface area contributed by atoms with Gasteiger partial charge in [-0.1, -0.05) is 6.92 Å². The van der Waals surface area contributed by atoms with Gasteiger partial charge in [0.2, 0.25) is 6.79 Å². The van der Waals surface area contributed by atoms with Gasteiger partial charge < -0.3 is 15.2 Å². The molecule has 0 aromatic heterocycles. The largest absolute Gasteiger partial charge is 0.454 e. The summed E-state index contributed by atoms with van der Waals surface area (Å²) in [5.74, 6) is 2.21. The number of aryl methyl sites for hydroxylation is 1. The van der Waals surface area contributed by atoms with Crippen LogP contribution in [0.15, 0.2) is 6.07 Å². The summed E-state index contributed by atoms with van der Waals surface area (Å²) in [6, 6.07) is 2.05. The number of ether oxygens (including phenoxy) is 2. The Bertz CT molecular complexity index is 401. The van der Waals surface area contributed by atoms with Crippen molar-refractivity contribution in [3.05, 3.63) is 22.8 Å². The maximum atomic E-state index is 5.63. The van der Waals surface area contributed by atoms with Crippen LogP contribution in [0.3, 0.4) is 0 Å². The Balaban J connectivity index is 2.49. The van der Waals surface area contributed by atoms with Crippen molar-refractivity contribution in [3.63, 3.8) is 0 Å². The Labute approximate surface area is 96.5 Å². The van der Waals surface area contributed by atoms with Gasteiger partial charge in [-0.3, -0.25) is 0 Å². The van der Waals surface area contributed by atoms with E-state index in [0.717, 1.165) is 17.9 Å². The molecule has 16 heavy (non-hydrogen) atoms. The zero-order chi connectivity index (χ0) is 11.7. The van der Waals surface area contributed by atoms with Gasteiger partial charge in [-0.25, -0.2) is 0 Å². The molecule has 1 unspecified atom stereocenters. The Hall–Kier alpha value is -1.22. The van der Waals surface area contributed by atoms with Gasteiger partial charge >= 0.3 is 0 Å². The summed E-state index contributed by atoms with van der Waals surface area (Å²) in [6.45, 7) is 7.47. The fourth-order valence-electron chi connectivity index (χ4n) is 2.28. The SMILES string of the molecule is Cc1cc2c(c(C(C)CCN)c1C)OCO2. The predicted octanol–water partition coefficient (Wildman–Crippen LogP) is 2.48. The molecule has 0 aliphatic carbocycles. The first-order valence-corrected chi connectivity index (χ1v) is 5.75. The molecular formula is C13H19NO2. The number of rotatable bonds is 3. The van der Waals surface area contributed by atoms with Crippen LogP contribution in [-0.2, 0) is 0 Å². The molecule has 3 heteroatoms. The third-order valence-corrected chi connectivity index (χ3v) is 3.32. The average Bonchev–Trinajstić information content (AvgIpc) is 2.67. The van der Waals surface area contributed by atoms with Crippen LogP contribution in [0.4, 0.5) is 0 Å². The molecule has 0 bridgehead atoms. The smallest absolute Gasteiger partial charge is 0.231 e. The van der Waals surface area contributed by atoms with E-state index < -0.39 is 0 Å². The fraction of sp³-hybridized carbons (Fsp3) is 0.538. The minimum atomic E-state index is 0.334. The zero-order valence-corrected chi connectivity index (χ0v) is 10.2. The van der Waals surface area contributed by atoms with Gasteiger partial charge in [-0.2, -0.15) is 0 Å². The van der Waals surface area contributed by atoms with Crippen molar-refractivity contribution in [2.24, 2.45) is 5.73 Å². The van der Waals surface area contributed by atoms with Crippen molar-refractivity contribution < 1.29 is 9.47 Å². The maximum absolute atomic E-state index is 5.63. The lowest BCUT2D eigenvalue weighted by molar-refractivity contribution is 0.173. The molecule has 1 aliphatic heterocycles. The Morgan fingerprint density at radius 1 is 1.38 bits per heavy atom. The predicted molar refractivity (Wildman–Crippen MR) is 64.1 cm³/mol. The third-order valence-electron chi connectivity index (χ3n) is 3.32. The van der Waals surface area contributed by atoms with Crippen molar-refractivity contribution in [3.8, 4) is 11.5 Å². The van der Waals surface area contributed by atoms with Crippen LogP contribution in [0.5, 0.6) is 11.5 Å². The maximum Gasteiger partial charge on any atom is 0.231 e. The number of benzene rings is 1. The summed E-state index contributed by atoms with van der Waals surface area (Å²) in [4.78, 5) is 0. The minimum absolute atomic E-state index is 0.334. The van der Waals surface area contributed by atoms with Crippen LogP contribution in [-0.4, -0.2) is 13.3 Å². The normalized spacial score (nSPS) is 15.2. The van der Waals surface area contributed by atoms with Crippen molar-refractivity contribution in [2.75, 3.05) is 13.3 Å². The lowest BCUT2D eigenvalue weighted by atomic mass is 9.90. The van der Waals surface area contributed by atoms with E-state index >= 15 is 0 Å². The van der Waals surface area contributed by atoms with Crippen LogP contribution in [0.2, 0.25) is 0 Å². The molecule has 0 saturated carbocycles.